The van der Waals surface area contributed by atoms with Crippen LogP contribution in [0.25, 0.3) is 0 Å². The first-order valence-corrected chi connectivity index (χ1v) is 11.8. The van der Waals surface area contributed by atoms with Gasteiger partial charge in [-0.15, -0.1) is 0 Å². The van der Waals surface area contributed by atoms with Gasteiger partial charge in [0.2, 0.25) is 5.91 Å². The van der Waals surface area contributed by atoms with Gasteiger partial charge in [-0.25, -0.2) is 4.79 Å². The third kappa shape index (κ3) is 8.51. The Hall–Kier alpha value is -1.34. The SMILES string of the molecule is CCN(CC)CCCNC(=O)C1CCN(C(=O)NCCN2CCCC(C)C2)CC1. The molecule has 2 rings (SSSR count). The van der Waals surface area contributed by atoms with Crippen LogP contribution < -0.4 is 10.6 Å². The van der Waals surface area contributed by atoms with Crippen LogP contribution in [-0.2, 0) is 4.79 Å². The Morgan fingerprint density at radius 1 is 1.00 bits per heavy atom. The number of rotatable bonds is 10. The van der Waals surface area contributed by atoms with Gasteiger partial charge in [0.1, 0.15) is 0 Å². The highest BCUT2D eigenvalue weighted by Gasteiger charge is 2.27. The molecular formula is C22H43N5O2. The molecule has 3 amide bonds. The van der Waals surface area contributed by atoms with Crippen LogP contribution in [-0.4, -0.2) is 92.1 Å². The molecule has 2 aliphatic rings. The summed E-state index contributed by atoms with van der Waals surface area (Å²) in [4.78, 5) is 31.5. The van der Waals surface area contributed by atoms with E-state index < -0.39 is 0 Å². The molecular weight excluding hydrogens is 366 g/mol. The van der Waals surface area contributed by atoms with Crippen molar-refractivity contribution in [3.05, 3.63) is 0 Å². The second kappa shape index (κ2) is 13.1. The van der Waals surface area contributed by atoms with Gasteiger partial charge < -0.3 is 25.3 Å². The maximum absolute atomic E-state index is 12.4. The number of hydrogen-bond donors (Lipinski definition) is 2. The van der Waals surface area contributed by atoms with Gasteiger partial charge in [0.15, 0.2) is 0 Å². The molecule has 2 aliphatic heterocycles. The molecule has 0 saturated carbocycles. The van der Waals surface area contributed by atoms with E-state index >= 15 is 0 Å². The predicted octanol–water partition coefficient (Wildman–Crippen LogP) is 1.99. The topological polar surface area (TPSA) is 67.9 Å². The maximum atomic E-state index is 12.4. The van der Waals surface area contributed by atoms with Gasteiger partial charge in [0.05, 0.1) is 0 Å². The van der Waals surface area contributed by atoms with Gasteiger partial charge in [-0.3, -0.25) is 4.79 Å². The molecule has 0 spiro atoms. The molecule has 2 N–H and O–H groups in total. The van der Waals surface area contributed by atoms with Crippen molar-refractivity contribution in [1.82, 2.24) is 25.3 Å². The first-order valence-electron chi connectivity index (χ1n) is 11.8. The van der Waals surface area contributed by atoms with Crippen LogP contribution in [0.2, 0.25) is 0 Å². The highest BCUT2D eigenvalue weighted by atomic mass is 16.2. The van der Waals surface area contributed by atoms with Crippen molar-refractivity contribution in [1.29, 1.82) is 0 Å². The minimum Gasteiger partial charge on any atom is -0.356 e. The quantitative estimate of drug-likeness (QED) is 0.542. The van der Waals surface area contributed by atoms with E-state index in [2.05, 4.69) is 41.2 Å². The van der Waals surface area contributed by atoms with Crippen LogP contribution in [0.15, 0.2) is 0 Å². The van der Waals surface area contributed by atoms with Crippen molar-refractivity contribution in [2.24, 2.45) is 11.8 Å². The normalized spacial score (nSPS) is 21.4. The number of piperidine rings is 2. The smallest absolute Gasteiger partial charge is 0.317 e. The zero-order valence-electron chi connectivity index (χ0n) is 18.9. The molecule has 0 aromatic carbocycles. The fourth-order valence-corrected chi connectivity index (χ4v) is 4.47. The summed E-state index contributed by atoms with van der Waals surface area (Å²) in [6.07, 6.45) is 5.10. The Balaban J connectivity index is 1.56. The Labute approximate surface area is 177 Å². The number of nitrogens with zero attached hydrogens (tertiary/aromatic N) is 3. The molecule has 168 valence electrons. The van der Waals surface area contributed by atoms with Crippen molar-refractivity contribution in [2.75, 3.05) is 65.4 Å². The molecule has 1 unspecified atom stereocenters. The summed E-state index contributed by atoms with van der Waals surface area (Å²) in [5.74, 6) is 0.966. The molecule has 2 saturated heterocycles. The number of likely N-dealkylation sites (tertiary alicyclic amines) is 2. The highest BCUT2D eigenvalue weighted by Crippen LogP contribution is 2.17. The van der Waals surface area contributed by atoms with Crippen LogP contribution in [0.4, 0.5) is 4.79 Å². The minimum atomic E-state index is 0.0214. The Morgan fingerprint density at radius 2 is 1.72 bits per heavy atom. The average Bonchev–Trinajstić information content (AvgIpc) is 2.74. The highest BCUT2D eigenvalue weighted by molar-refractivity contribution is 5.79. The van der Waals surface area contributed by atoms with Crippen LogP contribution >= 0.6 is 0 Å². The lowest BCUT2D eigenvalue weighted by Crippen LogP contribution is -2.48. The van der Waals surface area contributed by atoms with Crippen molar-refractivity contribution in [3.63, 3.8) is 0 Å². The zero-order chi connectivity index (χ0) is 21.1. The predicted molar refractivity (Wildman–Crippen MR) is 118 cm³/mol. The van der Waals surface area contributed by atoms with Crippen LogP contribution in [0.3, 0.4) is 0 Å². The van der Waals surface area contributed by atoms with E-state index in [1.54, 1.807) is 0 Å². The molecule has 2 heterocycles. The van der Waals surface area contributed by atoms with E-state index in [9.17, 15) is 9.59 Å². The van der Waals surface area contributed by atoms with E-state index in [0.29, 0.717) is 19.6 Å². The van der Waals surface area contributed by atoms with Crippen LogP contribution in [0, 0.1) is 11.8 Å². The fourth-order valence-electron chi connectivity index (χ4n) is 4.47. The van der Waals surface area contributed by atoms with Crippen LogP contribution in [0.1, 0.15) is 52.9 Å². The number of amides is 3. The summed E-state index contributed by atoms with van der Waals surface area (Å²) in [5.41, 5.74) is 0. The first kappa shape index (κ1) is 23.9. The first-order chi connectivity index (χ1) is 14.0. The van der Waals surface area contributed by atoms with Crippen molar-refractivity contribution >= 4 is 11.9 Å². The van der Waals surface area contributed by atoms with Gasteiger partial charge >= 0.3 is 6.03 Å². The maximum Gasteiger partial charge on any atom is 0.317 e. The monoisotopic (exact) mass is 409 g/mol. The van der Waals surface area contributed by atoms with Crippen molar-refractivity contribution < 1.29 is 9.59 Å². The second-order valence-corrected chi connectivity index (χ2v) is 8.71. The van der Waals surface area contributed by atoms with Gasteiger partial charge in [-0.2, -0.15) is 0 Å². The van der Waals surface area contributed by atoms with E-state index in [4.69, 9.17) is 0 Å². The number of urea groups is 1. The van der Waals surface area contributed by atoms with E-state index in [0.717, 1.165) is 71.0 Å². The van der Waals surface area contributed by atoms with Crippen molar-refractivity contribution in [2.45, 2.75) is 52.9 Å². The Morgan fingerprint density at radius 3 is 2.38 bits per heavy atom. The third-order valence-electron chi connectivity index (χ3n) is 6.44. The fraction of sp³-hybridized carbons (Fsp3) is 0.909. The summed E-state index contributed by atoms with van der Waals surface area (Å²) in [6.45, 7) is 15.8. The average molecular weight is 410 g/mol. The molecule has 0 bridgehead atoms. The van der Waals surface area contributed by atoms with Gasteiger partial charge in [0.25, 0.3) is 0 Å². The van der Waals surface area contributed by atoms with E-state index in [1.807, 2.05) is 4.90 Å². The number of carbonyl (C=O) groups excluding carboxylic acids is 2. The Kier molecular flexibility index (Phi) is 10.8. The summed E-state index contributed by atoms with van der Waals surface area (Å²) in [7, 11) is 0. The second-order valence-electron chi connectivity index (χ2n) is 8.71. The van der Waals surface area contributed by atoms with Crippen LogP contribution in [0.5, 0.6) is 0 Å². The molecule has 7 nitrogen and oxygen atoms in total. The van der Waals surface area contributed by atoms with E-state index in [-0.39, 0.29) is 17.9 Å². The largest absolute Gasteiger partial charge is 0.356 e. The molecule has 0 aromatic heterocycles. The summed E-state index contributed by atoms with van der Waals surface area (Å²) < 4.78 is 0. The lowest BCUT2D eigenvalue weighted by atomic mass is 9.96. The minimum absolute atomic E-state index is 0.0214. The zero-order valence-corrected chi connectivity index (χ0v) is 18.9. The molecule has 0 radical (unpaired) electrons. The lowest BCUT2D eigenvalue weighted by Gasteiger charge is -2.33. The molecule has 0 aliphatic carbocycles. The van der Waals surface area contributed by atoms with E-state index in [1.165, 1.54) is 12.8 Å². The van der Waals surface area contributed by atoms with Gasteiger partial charge in [0, 0.05) is 45.2 Å². The van der Waals surface area contributed by atoms with Gasteiger partial charge in [-0.1, -0.05) is 20.8 Å². The number of carbonyl (C=O) groups is 2. The summed E-state index contributed by atoms with van der Waals surface area (Å²) >= 11 is 0. The molecule has 7 heteroatoms. The Bertz CT molecular complexity index is 490. The molecule has 2 fully saturated rings. The lowest BCUT2D eigenvalue weighted by molar-refractivity contribution is -0.126. The molecule has 29 heavy (non-hydrogen) atoms. The van der Waals surface area contributed by atoms with Gasteiger partial charge in [-0.05, 0) is 64.2 Å². The number of hydrogen-bond acceptors (Lipinski definition) is 4. The molecule has 0 aromatic rings. The third-order valence-corrected chi connectivity index (χ3v) is 6.44. The number of nitrogens with one attached hydrogen (secondary N) is 2. The summed E-state index contributed by atoms with van der Waals surface area (Å²) in [6, 6.07) is 0.0214. The summed E-state index contributed by atoms with van der Waals surface area (Å²) in [5, 5.41) is 6.15. The molecule has 1 atom stereocenters. The van der Waals surface area contributed by atoms with Crippen molar-refractivity contribution in [3.8, 4) is 0 Å². The standard InChI is InChI=1S/C22H43N5O2/c1-4-25(5-2)14-7-11-23-21(28)20-9-15-27(16-10-20)22(29)24-12-17-26-13-6-8-19(3)18-26/h19-20H,4-18H2,1-3H3,(H,23,28)(H,24,29).